The normalized spacial score (nSPS) is 12.7. The van der Waals surface area contributed by atoms with Crippen molar-refractivity contribution in [1.82, 2.24) is 5.32 Å². The van der Waals surface area contributed by atoms with Crippen LogP contribution < -0.4 is 5.32 Å². The minimum atomic E-state index is -4.45. The molecule has 0 aliphatic carbocycles. The number of alkyl halides is 3. The molecular formula is C17H16F3NO. The summed E-state index contributed by atoms with van der Waals surface area (Å²) >= 11 is 0. The molecule has 0 spiro atoms. The molecule has 2 aromatic rings. The summed E-state index contributed by atoms with van der Waals surface area (Å²) in [5.74, 6) is -0.426. The Balaban J connectivity index is 2.01. The molecule has 1 N–H and O–H groups in total. The summed E-state index contributed by atoms with van der Waals surface area (Å²) in [4.78, 5) is 12.0. The Morgan fingerprint density at radius 1 is 1.09 bits per heavy atom. The molecule has 22 heavy (non-hydrogen) atoms. The lowest BCUT2D eigenvalue weighted by molar-refractivity contribution is -0.137. The minimum Gasteiger partial charge on any atom is -0.351 e. The molecular weight excluding hydrogens is 291 g/mol. The molecule has 2 rings (SSSR count). The molecule has 0 fully saturated rings. The first-order valence-electron chi connectivity index (χ1n) is 6.88. The second-order valence-electron chi connectivity index (χ2n) is 5.10. The van der Waals surface area contributed by atoms with Crippen LogP contribution in [0.5, 0.6) is 0 Å². The highest BCUT2D eigenvalue weighted by Crippen LogP contribution is 2.29. The molecule has 5 heteroatoms. The predicted octanol–water partition coefficient (Wildman–Crippen LogP) is 4.24. The summed E-state index contributed by atoms with van der Waals surface area (Å²) < 4.78 is 37.9. The summed E-state index contributed by atoms with van der Waals surface area (Å²) in [5, 5.41) is 2.67. The van der Waals surface area contributed by atoms with E-state index in [0.29, 0.717) is 6.54 Å². The van der Waals surface area contributed by atoms with Gasteiger partial charge in [0.1, 0.15) is 0 Å². The fraction of sp³-hybridized carbons (Fsp3) is 0.235. The lowest BCUT2D eigenvalue weighted by Crippen LogP contribution is -2.27. The van der Waals surface area contributed by atoms with Crippen molar-refractivity contribution >= 4 is 5.91 Å². The van der Waals surface area contributed by atoms with Crippen LogP contribution >= 0.6 is 0 Å². The van der Waals surface area contributed by atoms with Crippen LogP contribution in [0.1, 0.15) is 34.3 Å². The smallest absolute Gasteiger partial charge is 0.351 e. The number of carbonyl (C=O) groups excluding carboxylic acids is 1. The first kappa shape index (κ1) is 16.1. The van der Waals surface area contributed by atoms with E-state index < -0.39 is 17.6 Å². The molecule has 2 nitrogen and oxygen atoms in total. The van der Waals surface area contributed by atoms with Gasteiger partial charge in [-0.1, -0.05) is 43.3 Å². The van der Waals surface area contributed by atoms with Gasteiger partial charge in [0.25, 0.3) is 5.91 Å². The summed E-state index contributed by atoms with van der Waals surface area (Å²) in [7, 11) is 0. The molecule has 0 bridgehead atoms. The van der Waals surface area contributed by atoms with E-state index >= 15 is 0 Å². The number of hydrogen-bond donors (Lipinski definition) is 1. The van der Waals surface area contributed by atoms with Crippen molar-refractivity contribution in [2.24, 2.45) is 0 Å². The molecule has 0 heterocycles. The van der Waals surface area contributed by atoms with Crippen molar-refractivity contribution < 1.29 is 18.0 Å². The van der Waals surface area contributed by atoms with Crippen molar-refractivity contribution in [3.05, 3.63) is 71.3 Å². The first-order chi connectivity index (χ1) is 10.4. The molecule has 0 aliphatic rings. The predicted molar refractivity (Wildman–Crippen MR) is 78.6 cm³/mol. The van der Waals surface area contributed by atoms with Crippen LogP contribution in [0.3, 0.4) is 0 Å². The molecule has 0 unspecified atom stereocenters. The molecule has 0 saturated carbocycles. The Kier molecular flexibility index (Phi) is 4.85. The molecule has 1 amide bonds. The Labute approximate surface area is 127 Å². The minimum absolute atomic E-state index is 0.00934. The van der Waals surface area contributed by atoms with Gasteiger partial charge in [-0.05, 0) is 29.7 Å². The Morgan fingerprint density at radius 2 is 1.77 bits per heavy atom. The molecule has 0 aliphatic heterocycles. The van der Waals surface area contributed by atoms with Crippen molar-refractivity contribution in [3.8, 4) is 0 Å². The fourth-order valence-electron chi connectivity index (χ4n) is 2.08. The van der Waals surface area contributed by atoms with E-state index in [1.807, 2.05) is 37.3 Å². The maximum Gasteiger partial charge on any atom is 0.416 e. The highest BCUT2D eigenvalue weighted by Gasteiger charge is 2.30. The number of benzene rings is 2. The van der Waals surface area contributed by atoms with E-state index in [-0.39, 0.29) is 11.5 Å². The summed E-state index contributed by atoms with van der Waals surface area (Å²) in [5.41, 5.74) is 0.248. The topological polar surface area (TPSA) is 29.1 Å². The van der Waals surface area contributed by atoms with E-state index in [4.69, 9.17) is 0 Å². The van der Waals surface area contributed by atoms with Crippen molar-refractivity contribution in [2.75, 3.05) is 6.54 Å². The molecule has 1 atom stereocenters. The number of hydrogen-bond acceptors (Lipinski definition) is 1. The van der Waals surface area contributed by atoms with Gasteiger partial charge < -0.3 is 5.32 Å². The van der Waals surface area contributed by atoms with E-state index in [1.165, 1.54) is 12.1 Å². The fourth-order valence-corrected chi connectivity index (χ4v) is 2.08. The third-order valence-corrected chi connectivity index (χ3v) is 3.39. The van der Waals surface area contributed by atoms with Crippen LogP contribution in [0.2, 0.25) is 0 Å². The lowest BCUT2D eigenvalue weighted by Gasteiger charge is -2.14. The van der Waals surface area contributed by atoms with Gasteiger partial charge in [-0.3, -0.25) is 4.79 Å². The van der Waals surface area contributed by atoms with Crippen molar-refractivity contribution in [2.45, 2.75) is 19.0 Å². The zero-order chi connectivity index (χ0) is 16.2. The van der Waals surface area contributed by atoms with Crippen molar-refractivity contribution in [1.29, 1.82) is 0 Å². The van der Waals surface area contributed by atoms with Gasteiger partial charge in [0.05, 0.1) is 5.56 Å². The van der Waals surface area contributed by atoms with Crippen LogP contribution in [-0.4, -0.2) is 12.5 Å². The molecule has 116 valence electrons. The number of rotatable bonds is 4. The van der Waals surface area contributed by atoms with E-state index in [2.05, 4.69) is 5.32 Å². The second-order valence-corrected chi connectivity index (χ2v) is 5.10. The number of carbonyl (C=O) groups is 1. The zero-order valence-electron chi connectivity index (χ0n) is 12.0. The van der Waals surface area contributed by atoms with Crippen LogP contribution in [0.25, 0.3) is 0 Å². The van der Waals surface area contributed by atoms with E-state index in [1.54, 1.807) is 0 Å². The third-order valence-electron chi connectivity index (χ3n) is 3.39. The number of amides is 1. The average molecular weight is 307 g/mol. The van der Waals surface area contributed by atoms with Gasteiger partial charge in [-0.15, -0.1) is 0 Å². The number of halogens is 3. The Morgan fingerprint density at radius 3 is 2.41 bits per heavy atom. The highest BCUT2D eigenvalue weighted by molar-refractivity contribution is 5.94. The first-order valence-corrected chi connectivity index (χ1v) is 6.88. The summed E-state index contributed by atoms with van der Waals surface area (Å²) in [6, 6.07) is 14.0. The largest absolute Gasteiger partial charge is 0.416 e. The summed E-state index contributed by atoms with van der Waals surface area (Å²) in [6.45, 7) is 2.31. The average Bonchev–Trinajstić information content (AvgIpc) is 2.52. The van der Waals surface area contributed by atoms with Crippen molar-refractivity contribution in [3.63, 3.8) is 0 Å². The van der Waals surface area contributed by atoms with Gasteiger partial charge in [0.15, 0.2) is 0 Å². The maximum atomic E-state index is 12.6. The molecule has 2 aromatic carbocycles. The van der Waals surface area contributed by atoms with E-state index in [9.17, 15) is 18.0 Å². The van der Waals surface area contributed by atoms with Crippen LogP contribution in [-0.2, 0) is 6.18 Å². The quantitative estimate of drug-likeness (QED) is 0.899. The monoisotopic (exact) mass is 307 g/mol. The maximum absolute atomic E-state index is 12.6. The zero-order valence-corrected chi connectivity index (χ0v) is 12.0. The van der Waals surface area contributed by atoms with Gasteiger partial charge in [0, 0.05) is 12.1 Å². The molecule has 0 aromatic heterocycles. The SMILES string of the molecule is C[C@@H](CNC(=O)c1cccc(C(F)(F)F)c1)c1ccccc1. The van der Waals surface area contributed by atoms with Gasteiger partial charge in [-0.2, -0.15) is 13.2 Å². The highest BCUT2D eigenvalue weighted by atomic mass is 19.4. The summed E-state index contributed by atoms with van der Waals surface area (Å²) in [6.07, 6.45) is -4.45. The van der Waals surface area contributed by atoms with Crippen LogP contribution in [0.15, 0.2) is 54.6 Å². The Bertz CT molecular complexity index is 638. The van der Waals surface area contributed by atoms with Gasteiger partial charge in [0.2, 0.25) is 0 Å². The van der Waals surface area contributed by atoms with Gasteiger partial charge >= 0.3 is 6.18 Å². The van der Waals surface area contributed by atoms with Crippen LogP contribution in [0, 0.1) is 0 Å². The van der Waals surface area contributed by atoms with E-state index in [0.717, 1.165) is 17.7 Å². The van der Waals surface area contributed by atoms with Crippen LogP contribution in [0.4, 0.5) is 13.2 Å². The molecule has 0 radical (unpaired) electrons. The standard InChI is InChI=1S/C17H16F3NO/c1-12(13-6-3-2-4-7-13)11-21-16(22)14-8-5-9-15(10-14)17(18,19)20/h2-10,12H,11H2,1H3,(H,21,22)/t12-/m0/s1. The molecule has 0 saturated heterocycles. The Hall–Kier alpha value is -2.30. The number of nitrogens with one attached hydrogen (secondary N) is 1. The second kappa shape index (κ2) is 6.64. The lowest BCUT2D eigenvalue weighted by atomic mass is 10.0. The third kappa shape index (κ3) is 4.10. The van der Waals surface area contributed by atoms with Gasteiger partial charge in [-0.25, -0.2) is 0 Å².